The van der Waals surface area contributed by atoms with E-state index in [0.29, 0.717) is 6.42 Å². The zero-order valence-electron chi connectivity index (χ0n) is 20.5. The lowest BCUT2D eigenvalue weighted by molar-refractivity contribution is -0.403. The predicted octanol–water partition coefficient (Wildman–Crippen LogP) is 8.01. The molecule has 0 saturated carbocycles. The smallest absolute Gasteiger partial charge is 0.285 e. The Labute approximate surface area is 195 Å². The SMILES string of the molecule is CCCCCCCCC(CC(C)c1c(F)c(F)c(F)c(F)c1F)C(OCC)(OCC)OCC. The van der Waals surface area contributed by atoms with Gasteiger partial charge in [-0.15, -0.1) is 0 Å². The zero-order valence-corrected chi connectivity index (χ0v) is 20.5. The molecule has 3 nitrogen and oxygen atoms in total. The van der Waals surface area contributed by atoms with Gasteiger partial charge in [0.25, 0.3) is 5.97 Å². The quantitative estimate of drug-likeness (QED) is 0.0740. The van der Waals surface area contributed by atoms with E-state index < -0.39 is 52.5 Å². The Morgan fingerprint density at radius 3 is 1.52 bits per heavy atom. The lowest BCUT2D eigenvalue weighted by Crippen LogP contribution is -2.47. The lowest BCUT2D eigenvalue weighted by Gasteiger charge is -2.40. The minimum Gasteiger partial charge on any atom is -0.328 e. The second kappa shape index (κ2) is 14.9. The van der Waals surface area contributed by atoms with Crippen molar-refractivity contribution in [3.8, 4) is 0 Å². The molecule has 0 radical (unpaired) electrons. The van der Waals surface area contributed by atoms with Crippen LogP contribution < -0.4 is 0 Å². The minimum atomic E-state index is -2.16. The van der Waals surface area contributed by atoms with E-state index in [2.05, 4.69) is 6.92 Å². The van der Waals surface area contributed by atoms with Crippen molar-refractivity contribution in [2.45, 2.75) is 97.9 Å². The van der Waals surface area contributed by atoms with Crippen molar-refractivity contribution in [3.63, 3.8) is 0 Å². The molecule has 2 unspecified atom stereocenters. The van der Waals surface area contributed by atoms with E-state index in [1.54, 1.807) is 20.8 Å². The van der Waals surface area contributed by atoms with Gasteiger partial charge in [-0.05, 0) is 39.5 Å². The normalized spacial score (nSPS) is 14.0. The maximum Gasteiger partial charge on any atom is 0.285 e. The maximum atomic E-state index is 14.5. The van der Waals surface area contributed by atoms with Crippen molar-refractivity contribution < 1.29 is 36.2 Å². The van der Waals surface area contributed by atoms with E-state index in [9.17, 15) is 22.0 Å². The number of ether oxygens (including phenoxy) is 3. The second-order valence-electron chi connectivity index (χ2n) is 8.28. The van der Waals surface area contributed by atoms with Crippen LogP contribution in [0.1, 0.15) is 97.5 Å². The van der Waals surface area contributed by atoms with Crippen molar-refractivity contribution >= 4 is 0 Å². The van der Waals surface area contributed by atoms with Crippen molar-refractivity contribution in [2.24, 2.45) is 5.92 Å². The Morgan fingerprint density at radius 1 is 0.636 bits per heavy atom. The molecule has 0 aliphatic carbocycles. The molecule has 1 rings (SSSR count). The molecule has 0 bridgehead atoms. The van der Waals surface area contributed by atoms with Crippen molar-refractivity contribution in [2.75, 3.05) is 19.8 Å². The third-order valence-corrected chi connectivity index (χ3v) is 5.82. The van der Waals surface area contributed by atoms with E-state index in [1.807, 2.05) is 0 Å². The Bertz CT molecular complexity index is 668. The lowest BCUT2D eigenvalue weighted by atomic mass is 9.84. The summed E-state index contributed by atoms with van der Waals surface area (Å²) in [6.07, 6.45) is 6.83. The fraction of sp³-hybridized carbons (Fsp3) is 0.760. The Kier molecular flexibility index (Phi) is 13.4. The summed E-state index contributed by atoms with van der Waals surface area (Å²) in [5, 5.41) is 0. The van der Waals surface area contributed by atoms with E-state index in [4.69, 9.17) is 14.2 Å². The van der Waals surface area contributed by atoms with Crippen molar-refractivity contribution in [1.29, 1.82) is 0 Å². The van der Waals surface area contributed by atoms with Crippen LogP contribution in [0.15, 0.2) is 0 Å². The van der Waals surface area contributed by atoms with Crippen molar-refractivity contribution in [1.82, 2.24) is 0 Å². The molecular formula is C25H39F5O3. The van der Waals surface area contributed by atoms with Gasteiger partial charge in [0.1, 0.15) is 0 Å². The molecule has 0 saturated heterocycles. The highest BCUT2D eigenvalue weighted by Gasteiger charge is 2.43. The molecule has 0 heterocycles. The Morgan fingerprint density at radius 2 is 1.06 bits per heavy atom. The van der Waals surface area contributed by atoms with Crippen LogP contribution in [0.5, 0.6) is 0 Å². The number of unbranched alkanes of at least 4 members (excludes halogenated alkanes) is 5. The summed E-state index contributed by atoms with van der Waals surface area (Å²) in [5.41, 5.74) is -0.822. The van der Waals surface area contributed by atoms with Gasteiger partial charge in [0.05, 0.1) is 0 Å². The summed E-state index contributed by atoms with van der Waals surface area (Å²) in [6, 6.07) is 0. The second-order valence-corrected chi connectivity index (χ2v) is 8.28. The van der Waals surface area contributed by atoms with Crippen molar-refractivity contribution in [3.05, 3.63) is 34.6 Å². The molecule has 1 aromatic carbocycles. The average molecular weight is 483 g/mol. The van der Waals surface area contributed by atoms with Gasteiger partial charge < -0.3 is 14.2 Å². The largest absolute Gasteiger partial charge is 0.328 e. The molecule has 0 aromatic heterocycles. The molecule has 0 aliphatic rings. The molecule has 0 amide bonds. The van der Waals surface area contributed by atoms with E-state index >= 15 is 0 Å². The fourth-order valence-corrected chi connectivity index (χ4v) is 4.29. The van der Waals surface area contributed by atoms with Gasteiger partial charge in [-0.25, -0.2) is 22.0 Å². The summed E-state index contributed by atoms with van der Waals surface area (Å²) in [5.74, 6) is -12.5. The van der Waals surface area contributed by atoms with Crippen LogP contribution in [0.3, 0.4) is 0 Å². The Balaban J connectivity index is 3.25. The predicted molar refractivity (Wildman–Crippen MR) is 118 cm³/mol. The summed E-state index contributed by atoms with van der Waals surface area (Å²) in [4.78, 5) is 0. The van der Waals surface area contributed by atoms with Crippen LogP contribution in [-0.2, 0) is 14.2 Å². The van der Waals surface area contributed by atoms with Gasteiger partial charge in [-0.3, -0.25) is 0 Å². The van der Waals surface area contributed by atoms with Crippen LogP contribution in [0, 0.1) is 35.0 Å². The summed E-state index contributed by atoms with van der Waals surface area (Å²) in [6.45, 7) is 9.72. The third-order valence-electron chi connectivity index (χ3n) is 5.82. The maximum absolute atomic E-state index is 14.5. The molecule has 0 N–H and O–H groups in total. The summed E-state index contributed by atoms with van der Waals surface area (Å²) in [7, 11) is 0. The number of rotatable bonds is 17. The number of benzene rings is 1. The number of halogens is 5. The molecule has 0 spiro atoms. The van der Waals surface area contributed by atoms with Gasteiger partial charge in [-0.2, -0.15) is 0 Å². The summed E-state index contributed by atoms with van der Waals surface area (Å²) < 4.78 is 87.7. The number of hydrogen-bond donors (Lipinski definition) is 0. The molecule has 1 aromatic rings. The van der Waals surface area contributed by atoms with Gasteiger partial charge >= 0.3 is 0 Å². The molecule has 0 aliphatic heterocycles. The van der Waals surface area contributed by atoms with E-state index in [1.165, 1.54) is 6.92 Å². The minimum absolute atomic E-state index is 0.0628. The standard InChI is InChI=1S/C25H39F5O3/c1-6-10-11-12-13-14-15-18(25(31-7-2,32-8-3)33-9-4)16-17(5)19-20(26)22(28)24(30)23(29)21(19)27/h17-18H,6-16H2,1-5H3. The highest BCUT2D eigenvalue weighted by molar-refractivity contribution is 5.27. The van der Waals surface area contributed by atoms with Gasteiger partial charge in [0, 0.05) is 31.3 Å². The van der Waals surface area contributed by atoms with Crippen LogP contribution in [-0.4, -0.2) is 25.8 Å². The molecule has 8 heteroatoms. The Hall–Kier alpha value is -1.25. The van der Waals surface area contributed by atoms with E-state index in [0.717, 1.165) is 38.5 Å². The highest BCUT2D eigenvalue weighted by Crippen LogP contribution is 2.40. The molecule has 0 fully saturated rings. The van der Waals surface area contributed by atoms with E-state index in [-0.39, 0.29) is 26.2 Å². The first-order valence-electron chi connectivity index (χ1n) is 12.1. The monoisotopic (exact) mass is 482 g/mol. The van der Waals surface area contributed by atoms with Gasteiger partial charge in [-0.1, -0.05) is 52.4 Å². The topological polar surface area (TPSA) is 27.7 Å². The molecule has 33 heavy (non-hydrogen) atoms. The first-order chi connectivity index (χ1) is 15.7. The van der Waals surface area contributed by atoms with Gasteiger partial charge in [0.2, 0.25) is 5.82 Å². The highest BCUT2D eigenvalue weighted by atomic mass is 19.2. The first kappa shape index (κ1) is 29.8. The van der Waals surface area contributed by atoms with Crippen LogP contribution in [0.2, 0.25) is 0 Å². The zero-order chi connectivity index (χ0) is 25.0. The average Bonchev–Trinajstić information content (AvgIpc) is 2.78. The first-order valence-corrected chi connectivity index (χ1v) is 12.1. The molecule has 2 atom stereocenters. The number of hydrogen-bond acceptors (Lipinski definition) is 3. The third kappa shape index (κ3) is 7.89. The summed E-state index contributed by atoms with van der Waals surface area (Å²) >= 11 is 0. The van der Waals surface area contributed by atoms with Gasteiger partial charge in [0.15, 0.2) is 23.3 Å². The molecular weight excluding hydrogens is 443 g/mol. The fourth-order valence-electron chi connectivity index (χ4n) is 4.29. The van der Waals surface area contributed by atoms with Crippen LogP contribution in [0.4, 0.5) is 22.0 Å². The van der Waals surface area contributed by atoms with Crippen LogP contribution in [0.25, 0.3) is 0 Å². The van der Waals surface area contributed by atoms with Crippen LogP contribution >= 0.6 is 0 Å². The molecule has 192 valence electrons.